The number of benzene rings is 3. The van der Waals surface area contributed by atoms with Crippen LogP contribution in [0.25, 0.3) is 16.9 Å². The standard InChI is InChI=1S/C27H23N5O3/c33-24-16-29-27(35)31(24)17-19-11-13-21(14-12-19)26(34)28-15-22-18-32(23-9-5-2-6-10-23)30-25(22)20-7-3-1-4-8-20/h1-14,18H,15-17H2,(H,28,34)(H,29,35). The zero-order valence-corrected chi connectivity index (χ0v) is 18.8. The summed E-state index contributed by atoms with van der Waals surface area (Å²) < 4.78 is 1.81. The van der Waals surface area contributed by atoms with Crippen LogP contribution in [0, 0.1) is 0 Å². The van der Waals surface area contributed by atoms with Crippen molar-refractivity contribution < 1.29 is 14.4 Å². The molecule has 8 nitrogen and oxygen atoms in total. The lowest BCUT2D eigenvalue weighted by Crippen LogP contribution is -2.30. The second kappa shape index (κ2) is 9.64. The second-order valence-electron chi connectivity index (χ2n) is 8.17. The monoisotopic (exact) mass is 465 g/mol. The summed E-state index contributed by atoms with van der Waals surface area (Å²) in [6.07, 6.45) is 1.93. The second-order valence-corrected chi connectivity index (χ2v) is 8.17. The van der Waals surface area contributed by atoms with E-state index in [0.29, 0.717) is 12.1 Å². The number of amides is 4. The van der Waals surface area contributed by atoms with Gasteiger partial charge < -0.3 is 10.6 Å². The van der Waals surface area contributed by atoms with E-state index in [9.17, 15) is 14.4 Å². The Kier molecular flexibility index (Phi) is 6.09. The van der Waals surface area contributed by atoms with E-state index in [1.165, 1.54) is 0 Å². The maximum absolute atomic E-state index is 12.8. The number of aromatic nitrogens is 2. The SMILES string of the molecule is O=C(NCc1cn(-c2ccccc2)nc1-c1ccccc1)c1ccc(CN2C(=O)CNC2=O)cc1. The van der Waals surface area contributed by atoms with Crippen molar-refractivity contribution in [1.29, 1.82) is 0 Å². The molecule has 174 valence electrons. The van der Waals surface area contributed by atoms with Crippen LogP contribution in [0.3, 0.4) is 0 Å². The van der Waals surface area contributed by atoms with Gasteiger partial charge in [-0.3, -0.25) is 14.5 Å². The largest absolute Gasteiger partial charge is 0.348 e. The molecule has 5 rings (SSSR count). The molecule has 1 fully saturated rings. The molecular weight excluding hydrogens is 442 g/mol. The van der Waals surface area contributed by atoms with E-state index in [1.54, 1.807) is 24.3 Å². The third-order valence-electron chi connectivity index (χ3n) is 5.79. The predicted octanol–water partition coefficient (Wildman–Crippen LogP) is 3.52. The fourth-order valence-electron chi connectivity index (χ4n) is 3.93. The zero-order valence-electron chi connectivity index (χ0n) is 18.8. The Morgan fingerprint density at radius 3 is 2.26 bits per heavy atom. The maximum atomic E-state index is 12.8. The minimum absolute atomic E-state index is 0.0190. The molecule has 1 aromatic heterocycles. The number of rotatable bonds is 7. The van der Waals surface area contributed by atoms with Gasteiger partial charge in [-0.05, 0) is 29.8 Å². The third-order valence-corrected chi connectivity index (χ3v) is 5.79. The van der Waals surface area contributed by atoms with E-state index in [4.69, 9.17) is 5.10 Å². The van der Waals surface area contributed by atoms with Gasteiger partial charge in [0.05, 0.1) is 24.5 Å². The van der Waals surface area contributed by atoms with Crippen molar-refractivity contribution in [2.45, 2.75) is 13.1 Å². The van der Waals surface area contributed by atoms with Gasteiger partial charge in [-0.1, -0.05) is 60.7 Å². The van der Waals surface area contributed by atoms with Crippen molar-refractivity contribution in [2.75, 3.05) is 6.54 Å². The first-order valence-electron chi connectivity index (χ1n) is 11.2. The molecular formula is C27H23N5O3. The molecule has 4 aromatic rings. The van der Waals surface area contributed by atoms with Crippen LogP contribution < -0.4 is 10.6 Å². The van der Waals surface area contributed by atoms with Crippen molar-refractivity contribution in [3.8, 4) is 16.9 Å². The molecule has 1 saturated heterocycles. The Morgan fingerprint density at radius 2 is 1.60 bits per heavy atom. The summed E-state index contributed by atoms with van der Waals surface area (Å²) in [6, 6.07) is 26.1. The molecule has 2 N–H and O–H groups in total. The van der Waals surface area contributed by atoms with Crippen LogP contribution in [0.1, 0.15) is 21.5 Å². The van der Waals surface area contributed by atoms with Crippen LogP contribution in [-0.4, -0.2) is 39.1 Å². The molecule has 1 aliphatic heterocycles. The lowest BCUT2D eigenvalue weighted by Gasteiger charge is -2.12. The van der Waals surface area contributed by atoms with Crippen molar-refractivity contribution in [3.05, 3.63) is 108 Å². The molecule has 0 radical (unpaired) electrons. The fourth-order valence-corrected chi connectivity index (χ4v) is 3.93. The zero-order chi connectivity index (χ0) is 24.2. The Balaban J connectivity index is 1.30. The molecule has 4 amide bonds. The molecule has 0 saturated carbocycles. The first kappa shape index (κ1) is 22.1. The van der Waals surface area contributed by atoms with Crippen molar-refractivity contribution in [1.82, 2.24) is 25.3 Å². The van der Waals surface area contributed by atoms with Crippen molar-refractivity contribution in [3.63, 3.8) is 0 Å². The average molecular weight is 466 g/mol. The first-order valence-corrected chi connectivity index (χ1v) is 11.2. The number of urea groups is 1. The number of carbonyl (C=O) groups is 3. The summed E-state index contributed by atoms with van der Waals surface area (Å²) in [5.74, 6) is -0.486. The van der Waals surface area contributed by atoms with Crippen LogP contribution in [0.2, 0.25) is 0 Å². The number of para-hydroxylation sites is 1. The van der Waals surface area contributed by atoms with Gasteiger partial charge in [0.15, 0.2) is 0 Å². The van der Waals surface area contributed by atoms with Gasteiger partial charge in [0.1, 0.15) is 0 Å². The summed E-state index contributed by atoms with van der Waals surface area (Å²) in [7, 11) is 0. The Morgan fingerprint density at radius 1 is 0.914 bits per heavy atom. The highest BCUT2D eigenvalue weighted by atomic mass is 16.2. The quantitative estimate of drug-likeness (QED) is 0.408. The smallest absolute Gasteiger partial charge is 0.324 e. The van der Waals surface area contributed by atoms with E-state index < -0.39 is 6.03 Å². The van der Waals surface area contributed by atoms with Gasteiger partial charge in [0, 0.05) is 29.4 Å². The highest BCUT2D eigenvalue weighted by Crippen LogP contribution is 2.23. The minimum Gasteiger partial charge on any atom is -0.348 e. The van der Waals surface area contributed by atoms with Gasteiger partial charge >= 0.3 is 6.03 Å². The number of carbonyl (C=O) groups excluding carboxylic acids is 3. The molecule has 1 aliphatic rings. The molecule has 0 aliphatic carbocycles. The lowest BCUT2D eigenvalue weighted by molar-refractivity contribution is -0.125. The lowest BCUT2D eigenvalue weighted by atomic mass is 10.1. The Labute approximate surface area is 202 Å². The molecule has 0 unspecified atom stereocenters. The first-order chi connectivity index (χ1) is 17.1. The van der Waals surface area contributed by atoms with Crippen LogP contribution in [0.5, 0.6) is 0 Å². The molecule has 35 heavy (non-hydrogen) atoms. The fraction of sp³-hybridized carbons (Fsp3) is 0.111. The van der Waals surface area contributed by atoms with Gasteiger partial charge in [-0.15, -0.1) is 0 Å². The van der Waals surface area contributed by atoms with Crippen LogP contribution in [0.4, 0.5) is 4.79 Å². The Bertz CT molecular complexity index is 1350. The topological polar surface area (TPSA) is 96.3 Å². The molecule has 3 aromatic carbocycles. The summed E-state index contributed by atoms with van der Waals surface area (Å²) >= 11 is 0. The van der Waals surface area contributed by atoms with E-state index in [0.717, 1.165) is 33.0 Å². The predicted molar refractivity (Wildman–Crippen MR) is 131 cm³/mol. The van der Waals surface area contributed by atoms with Gasteiger partial charge in [-0.25, -0.2) is 9.48 Å². The summed E-state index contributed by atoms with van der Waals surface area (Å²) in [5.41, 5.74) is 4.85. The van der Waals surface area contributed by atoms with Crippen molar-refractivity contribution in [2.24, 2.45) is 0 Å². The van der Waals surface area contributed by atoms with Crippen LogP contribution in [-0.2, 0) is 17.9 Å². The maximum Gasteiger partial charge on any atom is 0.324 e. The number of imide groups is 1. The Hall–Kier alpha value is -4.72. The average Bonchev–Trinajstić information content (AvgIpc) is 3.47. The minimum atomic E-state index is -0.401. The molecule has 2 heterocycles. The summed E-state index contributed by atoms with van der Waals surface area (Å²) in [4.78, 5) is 37.5. The third kappa shape index (κ3) is 4.81. The van der Waals surface area contributed by atoms with Crippen LogP contribution >= 0.6 is 0 Å². The molecule has 0 bridgehead atoms. The molecule has 0 atom stereocenters. The number of nitrogens with zero attached hydrogens (tertiary/aromatic N) is 3. The van der Waals surface area contributed by atoms with Gasteiger partial charge in [-0.2, -0.15) is 5.10 Å². The summed E-state index contributed by atoms with van der Waals surface area (Å²) in [5, 5.41) is 10.2. The van der Waals surface area contributed by atoms with Gasteiger partial charge in [0.25, 0.3) is 5.91 Å². The van der Waals surface area contributed by atoms with Gasteiger partial charge in [0.2, 0.25) is 5.91 Å². The van der Waals surface area contributed by atoms with E-state index in [2.05, 4.69) is 10.6 Å². The molecule has 0 spiro atoms. The van der Waals surface area contributed by atoms with E-state index in [-0.39, 0.29) is 24.9 Å². The normalized spacial score (nSPS) is 13.1. The highest BCUT2D eigenvalue weighted by Gasteiger charge is 2.28. The van der Waals surface area contributed by atoms with Crippen LogP contribution in [0.15, 0.2) is 91.1 Å². The van der Waals surface area contributed by atoms with E-state index >= 15 is 0 Å². The van der Waals surface area contributed by atoms with Crippen molar-refractivity contribution >= 4 is 17.8 Å². The summed E-state index contributed by atoms with van der Waals surface area (Å²) in [6.45, 7) is 0.497. The number of hydrogen-bond acceptors (Lipinski definition) is 4. The highest BCUT2D eigenvalue weighted by molar-refractivity contribution is 6.01. The number of hydrogen-bond donors (Lipinski definition) is 2. The number of nitrogens with one attached hydrogen (secondary N) is 2. The van der Waals surface area contributed by atoms with E-state index in [1.807, 2.05) is 71.5 Å². The molecule has 8 heteroatoms.